The number of carbonyl (C=O) groups excluding carboxylic acids is 3. The normalized spacial score (nSPS) is 26.6. The fourth-order valence-corrected chi connectivity index (χ4v) is 5.75. The molecule has 3 fully saturated rings. The van der Waals surface area contributed by atoms with E-state index < -0.39 is 0 Å². The van der Waals surface area contributed by atoms with Crippen molar-refractivity contribution in [1.29, 1.82) is 0 Å². The second-order valence-electron chi connectivity index (χ2n) is 10.3. The number of amides is 3. The molecule has 3 aliphatic rings. The zero-order valence-corrected chi connectivity index (χ0v) is 20.2. The molecule has 5 rings (SSSR count). The smallest absolute Gasteiger partial charge is 0.251 e. The first-order valence-electron chi connectivity index (χ1n) is 13.1. The molecule has 0 bridgehead atoms. The third kappa shape index (κ3) is 5.58. The van der Waals surface area contributed by atoms with E-state index in [0.717, 1.165) is 32.1 Å². The van der Waals surface area contributed by atoms with E-state index in [1.807, 2.05) is 53.4 Å². The minimum Gasteiger partial charge on any atom is -0.351 e. The van der Waals surface area contributed by atoms with Gasteiger partial charge in [-0.1, -0.05) is 61.4 Å². The summed E-state index contributed by atoms with van der Waals surface area (Å²) >= 11 is 0. The number of hydrogen-bond acceptors (Lipinski definition) is 3. The van der Waals surface area contributed by atoms with Gasteiger partial charge in [-0.2, -0.15) is 0 Å². The molecule has 2 aromatic carbocycles. The minimum absolute atomic E-state index is 0.0401. The molecule has 1 heterocycles. The molecule has 1 aliphatic heterocycles. The second-order valence-corrected chi connectivity index (χ2v) is 10.3. The first-order valence-corrected chi connectivity index (χ1v) is 13.1. The molecule has 2 aromatic rings. The van der Waals surface area contributed by atoms with Crippen molar-refractivity contribution < 1.29 is 14.4 Å². The molecule has 4 atom stereocenters. The molecule has 3 amide bonds. The van der Waals surface area contributed by atoms with E-state index in [0.29, 0.717) is 37.4 Å². The van der Waals surface area contributed by atoms with E-state index in [1.165, 1.54) is 5.56 Å². The summed E-state index contributed by atoms with van der Waals surface area (Å²) in [7, 11) is 0. The van der Waals surface area contributed by atoms with Crippen molar-refractivity contribution >= 4 is 17.7 Å². The van der Waals surface area contributed by atoms with Crippen molar-refractivity contribution in [2.45, 2.75) is 62.9 Å². The Morgan fingerprint density at radius 1 is 0.743 bits per heavy atom. The van der Waals surface area contributed by atoms with E-state index in [2.05, 4.69) is 22.8 Å². The summed E-state index contributed by atoms with van der Waals surface area (Å²) < 4.78 is 0. The van der Waals surface area contributed by atoms with Gasteiger partial charge in [0.2, 0.25) is 11.8 Å². The molecule has 1 saturated heterocycles. The highest BCUT2D eigenvalue weighted by Gasteiger charge is 2.46. The van der Waals surface area contributed by atoms with Crippen molar-refractivity contribution in [3.8, 4) is 0 Å². The van der Waals surface area contributed by atoms with Gasteiger partial charge in [-0.3, -0.25) is 14.4 Å². The van der Waals surface area contributed by atoms with Crippen LogP contribution in [-0.2, 0) is 9.59 Å². The van der Waals surface area contributed by atoms with Crippen molar-refractivity contribution in [3.05, 3.63) is 71.8 Å². The number of nitrogens with one attached hydrogen (secondary N) is 2. The lowest BCUT2D eigenvalue weighted by molar-refractivity contribution is -0.137. The molecule has 0 aromatic heterocycles. The zero-order valence-electron chi connectivity index (χ0n) is 20.2. The Morgan fingerprint density at radius 2 is 1.34 bits per heavy atom. The zero-order chi connectivity index (χ0) is 24.2. The number of nitrogens with zero attached hydrogens (tertiary/aromatic N) is 1. The van der Waals surface area contributed by atoms with Gasteiger partial charge in [0.15, 0.2) is 0 Å². The van der Waals surface area contributed by atoms with Crippen molar-refractivity contribution in [2.24, 2.45) is 11.8 Å². The number of carbonyl (C=O) groups is 3. The maximum atomic E-state index is 13.1. The van der Waals surface area contributed by atoms with Crippen molar-refractivity contribution in [3.63, 3.8) is 0 Å². The summed E-state index contributed by atoms with van der Waals surface area (Å²) in [6.07, 6.45) is 6.20. The van der Waals surface area contributed by atoms with Gasteiger partial charge in [-0.15, -0.1) is 0 Å². The molecule has 2 aliphatic carbocycles. The summed E-state index contributed by atoms with van der Waals surface area (Å²) in [4.78, 5) is 40.7. The predicted octanol–water partition coefficient (Wildman–Crippen LogP) is 3.89. The number of hydrogen-bond donors (Lipinski definition) is 2. The van der Waals surface area contributed by atoms with Gasteiger partial charge in [0.05, 0.1) is 0 Å². The Kier molecular flexibility index (Phi) is 7.16. The van der Waals surface area contributed by atoms with Crippen LogP contribution in [0.5, 0.6) is 0 Å². The second kappa shape index (κ2) is 10.6. The standard InChI is InChI=1S/C29H35N3O3/c33-27(21-11-5-2-6-12-21)30-25-13-7-8-14-26(25)31-28(34)22-15-17-32(18-16-22)29(35)24-19-23(24)20-9-3-1-4-10-20/h1-6,9-12,22-26H,7-8,13-19H2,(H,30,33)(H,31,34)/t23-,24?,25+,26?/m0/s1. The topological polar surface area (TPSA) is 78.5 Å². The van der Waals surface area contributed by atoms with E-state index in [4.69, 9.17) is 0 Å². The van der Waals surface area contributed by atoms with Gasteiger partial charge in [0, 0.05) is 42.6 Å². The molecule has 2 N–H and O–H groups in total. The van der Waals surface area contributed by atoms with Gasteiger partial charge >= 0.3 is 0 Å². The summed E-state index contributed by atoms with van der Waals surface area (Å²) in [5.41, 5.74) is 1.90. The Bertz CT molecular complexity index is 1030. The average Bonchev–Trinajstić information content (AvgIpc) is 3.71. The SMILES string of the molecule is O=C(N[C@@H]1CCCCC1NC(=O)C1CCN(C(=O)C2C[C@H]2c2ccccc2)CC1)c1ccccc1. The monoisotopic (exact) mass is 473 g/mol. The fraction of sp³-hybridized carbons (Fsp3) is 0.483. The van der Waals surface area contributed by atoms with Crippen LogP contribution in [0.3, 0.4) is 0 Å². The molecular formula is C29H35N3O3. The lowest BCUT2D eigenvalue weighted by Crippen LogP contribution is -2.55. The highest BCUT2D eigenvalue weighted by Crippen LogP contribution is 2.48. The van der Waals surface area contributed by atoms with Gasteiger partial charge in [-0.05, 0) is 55.7 Å². The maximum Gasteiger partial charge on any atom is 0.251 e. The number of likely N-dealkylation sites (tertiary alicyclic amines) is 1. The van der Waals surface area contributed by atoms with Crippen LogP contribution in [0.15, 0.2) is 60.7 Å². The average molecular weight is 474 g/mol. The molecule has 2 unspecified atom stereocenters. The quantitative estimate of drug-likeness (QED) is 0.668. The third-order valence-corrected chi connectivity index (χ3v) is 7.96. The van der Waals surface area contributed by atoms with E-state index >= 15 is 0 Å². The Balaban J connectivity index is 1.10. The van der Waals surface area contributed by atoms with Crippen LogP contribution in [0.4, 0.5) is 0 Å². The summed E-state index contributed by atoms with van der Waals surface area (Å²) in [5.74, 6) is 0.594. The van der Waals surface area contributed by atoms with Crippen LogP contribution in [-0.4, -0.2) is 47.8 Å². The van der Waals surface area contributed by atoms with Crippen LogP contribution in [0.1, 0.15) is 66.8 Å². The summed E-state index contributed by atoms with van der Waals surface area (Å²) in [6.45, 7) is 1.29. The number of rotatable bonds is 6. The molecule has 184 valence electrons. The van der Waals surface area contributed by atoms with Gasteiger partial charge in [0.1, 0.15) is 0 Å². The molecule has 6 heteroatoms. The van der Waals surface area contributed by atoms with Crippen molar-refractivity contribution in [1.82, 2.24) is 15.5 Å². The van der Waals surface area contributed by atoms with Crippen LogP contribution < -0.4 is 10.6 Å². The largest absolute Gasteiger partial charge is 0.351 e. The van der Waals surface area contributed by atoms with Gasteiger partial charge in [0.25, 0.3) is 5.91 Å². The Morgan fingerprint density at radius 3 is 2.00 bits per heavy atom. The van der Waals surface area contributed by atoms with Crippen LogP contribution >= 0.6 is 0 Å². The summed E-state index contributed by atoms with van der Waals surface area (Å²) in [6, 6.07) is 19.4. The van der Waals surface area contributed by atoms with E-state index in [-0.39, 0.29) is 41.6 Å². The first-order chi connectivity index (χ1) is 17.1. The van der Waals surface area contributed by atoms with Crippen molar-refractivity contribution in [2.75, 3.05) is 13.1 Å². The summed E-state index contributed by atoms with van der Waals surface area (Å²) in [5, 5.41) is 6.39. The molecule has 35 heavy (non-hydrogen) atoms. The van der Waals surface area contributed by atoms with Gasteiger partial charge < -0.3 is 15.5 Å². The first kappa shape index (κ1) is 23.6. The number of benzene rings is 2. The number of piperidine rings is 1. The van der Waals surface area contributed by atoms with Crippen LogP contribution in [0, 0.1) is 11.8 Å². The maximum absolute atomic E-state index is 13.1. The third-order valence-electron chi connectivity index (χ3n) is 7.96. The molecular weight excluding hydrogens is 438 g/mol. The van der Waals surface area contributed by atoms with E-state index in [9.17, 15) is 14.4 Å². The lowest BCUT2D eigenvalue weighted by atomic mass is 9.88. The lowest BCUT2D eigenvalue weighted by Gasteiger charge is -2.36. The highest BCUT2D eigenvalue weighted by atomic mass is 16.2. The molecule has 6 nitrogen and oxygen atoms in total. The Labute approximate surface area is 207 Å². The fourth-order valence-electron chi connectivity index (χ4n) is 5.75. The molecule has 0 radical (unpaired) electrons. The minimum atomic E-state index is -0.0857. The van der Waals surface area contributed by atoms with E-state index in [1.54, 1.807) is 0 Å². The van der Waals surface area contributed by atoms with Gasteiger partial charge in [-0.25, -0.2) is 0 Å². The predicted molar refractivity (Wildman–Crippen MR) is 135 cm³/mol. The van der Waals surface area contributed by atoms with Crippen LogP contribution in [0.25, 0.3) is 0 Å². The van der Waals surface area contributed by atoms with Crippen LogP contribution in [0.2, 0.25) is 0 Å². The molecule has 2 saturated carbocycles. The Hall–Kier alpha value is -3.15. The highest BCUT2D eigenvalue weighted by molar-refractivity contribution is 5.94. The molecule has 0 spiro atoms.